The summed E-state index contributed by atoms with van der Waals surface area (Å²) >= 11 is 1.64. The van der Waals surface area contributed by atoms with Gasteiger partial charge in [0.25, 0.3) is 5.56 Å². The van der Waals surface area contributed by atoms with Crippen molar-refractivity contribution in [2.45, 2.75) is 66.0 Å². The highest BCUT2D eigenvalue weighted by atomic mass is 32.1. The zero-order chi connectivity index (χ0) is 20.8. The molecule has 0 spiro atoms. The SMILES string of the molecule is Cc1sc2nc(CN3CCCC3)n(Cc3ccc(C(C)(C)C)cc3)c(=O)c2c1C. The van der Waals surface area contributed by atoms with Gasteiger partial charge in [-0.25, -0.2) is 4.98 Å². The fourth-order valence-corrected chi connectivity index (χ4v) is 5.13. The van der Waals surface area contributed by atoms with E-state index in [0.717, 1.165) is 46.8 Å². The van der Waals surface area contributed by atoms with E-state index in [4.69, 9.17) is 4.98 Å². The molecule has 154 valence electrons. The van der Waals surface area contributed by atoms with Crippen molar-refractivity contribution >= 4 is 21.6 Å². The molecule has 3 heterocycles. The van der Waals surface area contributed by atoms with Crippen LogP contribution in [0.5, 0.6) is 0 Å². The second-order valence-electron chi connectivity index (χ2n) is 9.31. The smallest absolute Gasteiger partial charge is 0.262 e. The summed E-state index contributed by atoms with van der Waals surface area (Å²) in [5, 5.41) is 0.795. The summed E-state index contributed by atoms with van der Waals surface area (Å²) in [5.74, 6) is 0.894. The maximum atomic E-state index is 13.5. The molecule has 0 aliphatic carbocycles. The van der Waals surface area contributed by atoms with Gasteiger partial charge in [-0.1, -0.05) is 45.0 Å². The number of fused-ring (bicyclic) bond motifs is 1. The van der Waals surface area contributed by atoms with Gasteiger partial charge in [-0.3, -0.25) is 14.3 Å². The van der Waals surface area contributed by atoms with Crippen molar-refractivity contribution in [3.05, 3.63) is 62.0 Å². The normalized spacial score (nSPS) is 15.5. The summed E-state index contributed by atoms with van der Waals surface area (Å²) in [5.41, 5.74) is 3.76. The minimum absolute atomic E-state index is 0.103. The van der Waals surface area contributed by atoms with E-state index < -0.39 is 0 Å². The van der Waals surface area contributed by atoms with E-state index in [1.165, 1.54) is 23.3 Å². The first-order valence-electron chi connectivity index (χ1n) is 10.6. The van der Waals surface area contributed by atoms with Gasteiger partial charge in [0.1, 0.15) is 10.7 Å². The Labute approximate surface area is 177 Å². The summed E-state index contributed by atoms with van der Waals surface area (Å²) in [6.07, 6.45) is 2.47. The Kier molecular flexibility index (Phi) is 5.38. The molecule has 4 nitrogen and oxygen atoms in total. The average molecular weight is 410 g/mol. The van der Waals surface area contributed by atoms with Crippen molar-refractivity contribution < 1.29 is 0 Å². The zero-order valence-corrected chi connectivity index (χ0v) is 19.0. The van der Waals surface area contributed by atoms with E-state index in [0.29, 0.717) is 6.54 Å². The Balaban J connectivity index is 1.77. The molecule has 4 rings (SSSR count). The third-order valence-corrected chi connectivity index (χ3v) is 7.19. The molecule has 1 saturated heterocycles. The standard InChI is InChI=1S/C24H31N3OS/c1-16-17(2)29-22-21(16)23(28)27(20(25-22)15-26-12-6-7-13-26)14-18-8-10-19(11-9-18)24(3,4)5/h8-11H,6-7,12-15H2,1-5H3. The first kappa shape index (κ1) is 20.3. The lowest BCUT2D eigenvalue weighted by Gasteiger charge is -2.20. The largest absolute Gasteiger partial charge is 0.296 e. The molecule has 1 fully saturated rings. The van der Waals surface area contributed by atoms with Gasteiger partial charge in [0.2, 0.25) is 0 Å². The van der Waals surface area contributed by atoms with Crippen molar-refractivity contribution in [1.29, 1.82) is 0 Å². The van der Waals surface area contributed by atoms with Gasteiger partial charge >= 0.3 is 0 Å². The molecule has 0 radical (unpaired) electrons. The number of thiophene rings is 1. The Bertz CT molecular complexity index is 1080. The predicted octanol–water partition coefficient (Wildman–Crippen LogP) is 5.02. The van der Waals surface area contributed by atoms with Gasteiger partial charge in [-0.15, -0.1) is 11.3 Å². The Morgan fingerprint density at radius 2 is 1.69 bits per heavy atom. The van der Waals surface area contributed by atoms with Crippen LogP contribution >= 0.6 is 11.3 Å². The molecular weight excluding hydrogens is 378 g/mol. The van der Waals surface area contributed by atoms with Crippen LogP contribution < -0.4 is 5.56 Å². The molecule has 1 aromatic carbocycles. The van der Waals surface area contributed by atoms with Gasteiger partial charge in [-0.2, -0.15) is 0 Å². The van der Waals surface area contributed by atoms with Crippen LogP contribution in [0, 0.1) is 13.8 Å². The lowest BCUT2D eigenvalue weighted by atomic mass is 9.87. The fraction of sp³-hybridized carbons (Fsp3) is 0.500. The number of rotatable bonds is 4. The van der Waals surface area contributed by atoms with Gasteiger partial charge < -0.3 is 0 Å². The molecule has 5 heteroatoms. The van der Waals surface area contributed by atoms with Gasteiger partial charge in [0, 0.05) is 4.88 Å². The molecule has 29 heavy (non-hydrogen) atoms. The van der Waals surface area contributed by atoms with Crippen LogP contribution in [0.4, 0.5) is 0 Å². The highest BCUT2D eigenvalue weighted by Crippen LogP contribution is 2.27. The first-order chi connectivity index (χ1) is 13.7. The quantitative estimate of drug-likeness (QED) is 0.607. The summed E-state index contributed by atoms with van der Waals surface area (Å²) < 4.78 is 1.91. The molecule has 0 saturated carbocycles. The maximum absolute atomic E-state index is 13.5. The number of nitrogens with zero attached hydrogens (tertiary/aromatic N) is 3. The molecule has 0 N–H and O–H groups in total. The highest BCUT2D eigenvalue weighted by molar-refractivity contribution is 7.18. The topological polar surface area (TPSA) is 38.1 Å². The van der Waals surface area contributed by atoms with E-state index in [9.17, 15) is 4.79 Å². The molecule has 0 atom stereocenters. The van der Waals surface area contributed by atoms with Crippen molar-refractivity contribution in [1.82, 2.24) is 14.5 Å². The van der Waals surface area contributed by atoms with Crippen molar-refractivity contribution in [3.63, 3.8) is 0 Å². The molecule has 3 aromatic rings. The number of likely N-dealkylation sites (tertiary alicyclic amines) is 1. The summed E-state index contributed by atoms with van der Waals surface area (Å²) in [7, 11) is 0. The van der Waals surface area contributed by atoms with Gasteiger partial charge in [0.15, 0.2) is 0 Å². The Hall–Kier alpha value is -1.98. The monoisotopic (exact) mass is 409 g/mol. The Morgan fingerprint density at radius 1 is 1.03 bits per heavy atom. The van der Waals surface area contributed by atoms with Crippen LogP contribution in [0.25, 0.3) is 10.2 Å². The summed E-state index contributed by atoms with van der Waals surface area (Å²) in [4.78, 5) is 23.0. The fourth-order valence-electron chi connectivity index (χ4n) is 4.09. The second kappa shape index (κ2) is 7.69. The number of benzene rings is 1. The van der Waals surface area contributed by atoms with Crippen molar-refractivity contribution in [3.8, 4) is 0 Å². The average Bonchev–Trinajstić information content (AvgIpc) is 3.26. The van der Waals surface area contributed by atoms with Crippen LogP contribution in [-0.4, -0.2) is 27.5 Å². The van der Waals surface area contributed by atoms with Crippen LogP contribution in [0.1, 0.15) is 61.0 Å². The molecule has 0 bridgehead atoms. The number of aryl methyl sites for hydroxylation is 2. The number of aromatic nitrogens is 2. The predicted molar refractivity (Wildman–Crippen MR) is 122 cm³/mol. The first-order valence-corrected chi connectivity index (χ1v) is 11.4. The third kappa shape index (κ3) is 4.03. The lowest BCUT2D eigenvalue weighted by Crippen LogP contribution is -2.30. The van der Waals surface area contributed by atoms with Gasteiger partial charge in [0.05, 0.1) is 18.5 Å². The molecule has 2 aromatic heterocycles. The third-order valence-electron chi connectivity index (χ3n) is 6.09. The number of hydrogen-bond acceptors (Lipinski definition) is 4. The van der Waals surface area contributed by atoms with E-state index >= 15 is 0 Å². The highest BCUT2D eigenvalue weighted by Gasteiger charge is 2.20. The summed E-state index contributed by atoms with van der Waals surface area (Å²) in [6, 6.07) is 8.68. The molecule has 0 amide bonds. The minimum Gasteiger partial charge on any atom is -0.296 e. The maximum Gasteiger partial charge on any atom is 0.262 e. The molecular formula is C24H31N3OS. The second-order valence-corrected chi connectivity index (χ2v) is 10.5. The summed E-state index contributed by atoms with van der Waals surface area (Å²) in [6.45, 7) is 14.3. The number of hydrogen-bond donors (Lipinski definition) is 0. The van der Waals surface area contributed by atoms with Gasteiger partial charge in [-0.05, 0) is 61.9 Å². The molecule has 1 aliphatic heterocycles. The van der Waals surface area contributed by atoms with E-state index in [1.807, 2.05) is 11.5 Å². The Morgan fingerprint density at radius 3 is 2.31 bits per heavy atom. The molecule has 0 unspecified atom stereocenters. The van der Waals surface area contributed by atoms with E-state index in [1.54, 1.807) is 11.3 Å². The van der Waals surface area contributed by atoms with E-state index in [-0.39, 0.29) is 11.0 Å². The molecule has 1 aliphatic rings. The van der Waals surface area contributed by atoms with Crippen LogP contribution in [0.15, 0.2) is 29.1 Å². The van der Waals surface area contributed by atoms with Crippen LogP contribution in [0.2, 0.25) is 0 Å². The van der Waals surface area contributed by atoms with Crippen molar-refractivity contribution in [2.75, 3.05) is 13.1 Å². The van der Waals surface area contributed by atoms with Crippen LogP contribution in [0.3, 0.4) is 0 Å². The minimum atomic E-state index is 0.103. The van der Waals surface area contributed by atoms with E-state index in [2.05, 4.69) is 56.9 Å². The zero-order valence-electron chi connectivity index (χ0n) is 18.2. The van der Waals surface area contributed by atoms with Crippen molar-refractivity contribution in [2.24, 2.45) is 0 Å². The van der Waals surface area contributed by atoms with Crippen LogP contribution in [-0.2, 0) is 18.5 Å². The lowest BCUT2D eigenvalue weighted by molar-refractivity contribution is 0.315.